The summed E-state index contributed by atoms with van der Waals surface area (Å²) in [6, 6.07) is 0. The summed E-state index contributed by atoms with van der Waals surface area (Å²) in [5.74, 6) is -0.213. The quantitative estimate of drug-likeness (QED) is 0.477. The first kappa shape index (κ1) is 6.17. The molecule has 0 atom stereocenters. The fraction of sp³-hybridized carbons (Fsp3) is 0.250. The summed E-state index contributed by atoms with van der Waals surface area (Å²) in [7, 11) is 0. The predicted octanol–water partition coefficient (Wildman–Crippen LogP) is -0.795. The third kappa shape index (κ3) is 2.99. The summed E-state index contributed by atoms with van der Waals surface area (Å²) in [6.07, 6.45) is 1.30. The van der Waals surface area contributed by atoms with Gasteiger partial charge in [0.25, 0.3) is 0 Å². The highest BCUT2D eigenvalue weighted by Crippen LogP contribution is 1.54. The summed E-state index contributed by atoms with van der Waals surface area (Å²) in [5.41, 5.74) is 4.90. The van der Waals surface area contributed by atoms with Crippen molar-refractivity contribution < 1.29 is 4.79 Å². The number of carbonyl (C=O) groups excluding carboxylic acids is 1. The van der Waals surface area contributed by atoms with E-state index in [4.69, 9.17) is 5.73 Å². The molecule has 0 aliphatic carbocycles. The van der Waals surface area contributed by atoms with Crippen LogP contribution in [0.3, 0.4) is 0 Å². The van der Waals surface area contributed by atoms with Crippen LogP contribution in [0.2, 0.25) is 0 Å². The van der Waals surface area contributed by atoms with Crippen molar-refractivity contribution in [3.63, 3.8) is 0 Å². The molecule has 7 heavy (non-hydrogen) atoms. The summed E-state index contributed by atoms with van der Waals surface area (Å²) in [5, 5.41) is 2.30. The van der Waals surface area contributed by atoms with E-state index in [1.807, 2.05) is 0 Å². The molecule has 0 aromatic rings. The molecule has 0 fully saturated rings. The maximum Gasteiger partial charge on any atom is 0.237 e. The minimum Gasteiger partial charge on any atom is -0.332 e. The van der Waals surface area contributed by atoms with Crippen molar-refractivity contribution in [1.82, 2.24) is 5.32 Å². The zero-order valence-electron chi connectivity index (χ0n) is 3.98. The standard InChI is InChI=1S/C4H8N2O/c1-2-6-4(7)3-5/h2H,1,3,5H2,(H,6,7). The highest BCUT2D eigenvalue weighted by molar-refractivity contribution is 5.78. The van der Waals surface area contributed by atoms with E-state index in [9.17, 15) is 4.79 Å². The van der Waals surface area contributed by atoms with Gasteiger partial charge in [0, 0.05) is 0 Å². The highest BCUT2D eigenvalue weighted by atomic mass is 16.1. The lowest BCUT2D eigenvalue weighted by atomic mass is 10.6. The topological polar surface area (TPSA) is 55.1 Å². The van der Waals surface area contributed by atoms with Gasteiger partial charge in [-0.25, -0.2) is 0 Å². The number of nitrogens with two attached hydrogens (primary N) is 1. The fourth-order valence-electron chi connectivity index (χ4n) is 0.173. The lowest BCUT2D eigenvalue weighted by Crippen LogP contribution is -2.25. The number of hydrogen-bond donors (Lipinski definition) is 2. The smallest absolute Gasteiger partial charge is 0.237 e. The van der Waals surface area contributed by atoms with E-state index in [1.165, 1.54) is 6.20 Å². The van der Waals surface area contributed by atoms with Crippen LogP contribution in [-0.2, 0) is 4.79 Å². The Hall–Kier alpha value is -0.830. The Kier molecular flexibility index (Phi) is 2.96. The van der Waals surface area contributed by atoms with Crippen molar-refractivity contribution >= 4 is 5.91 Å². The monoisotopic (exact) mass is 100 g/mol. The molecule has 0 aliphatic heterocycles. The normalized spacial score (nSPS) is 7.57. The SMILES string of the molecule is C=CNC(=O)CN. The molecule has 0 aliphatic rings. The van der Waals surface area contributed by atoms with Gasteiger partial charge in [0.1, 0.15) is 0 Å². The first-order chi connectivity index (χ1) is 3.31. The van der Waals surface area contributed by atoms with Crippen LogP contribution in [0.1, 0.15) is 0 Å². The zero-order valence-corrected chi connectivity index (χ0v) is 3.98. The van der Waals surface area contributed by atoms with Crippen molar-refractivity contribution in [2.45, 2.75) is 0 Å². The third-order valence-electron chi connectivity index (χ3n) is 0.448. The molecule has 0 radical (unpaired) electrons. The average Bonchev–Trinajstić information content (AvgIpc) is 1.68. The first-order valence-corrected chi connectivity index (χ1v) is 1.91. The molecular weight excluding hydrogens is 92.1 g/mol. The molecule has 1 amide bonds. The highest BCUT2D eigenvalue weighted by Gasteiger charge is 1.86. The van der Waals surface area contributed by atoms with Gasteiger partial charge in [-0.3, -0.25) is 4.79 Å². The molecule has 3 nitrogen and oxygen atoms in total. The lowest BCUT2D eigenvalue weighted by Gasteiger charge is -1.89. The van der Waals surface area contributed by atoms with E-state index in [0.29, 0.717) is 0 Å². The van der Waals surface area contributed by atoms with Gasteiger partial charge in [-0.15, -0.1) is 0 Å². The Morgan fingerprint density at radius 1 is 2.00 bits per heavy atom. The van der Waals surface area contributed by atoms with Crippen LogP contribution in [0.15, 0.2) is 12.8 Å². The average molecular weight is 100 g/mol. The molecule has 40 valence electrons. The lowest BCUT2D eigenvalue weighted by molar-refractivity contribution is -0.118. The summed E-state index contributed by atoms with van der Waals surface area (Å²) in [4.78, 5) is 10.1. The minimum atomic E-state index is -0.213. The molecule has 3 N–H and O–H groups in total. The van der Waals surface area contributed by atoms with Gasteiger partial charge >= 0.3 is 0 Å². The minimum absolute atomic E-state index is 0.0199. The second-order valence-electron chi connectivity index (χ2n) is 0.976. The van der Waals surface area contributed by atoms with Crippen molar-refractivity contribution in [1.29, 1.82) is 0 Å². The fourth-order valence-corrected chi connectivity index (χ4v) is 0.173. The molecule has 3 heteroatoms. The van der Waals surface area contributed by atoms with Crippen LogP contribution in [0.4, 0.5) is 0 Å². The molecule has 0 rings (SSSR count). The van der Waals surface area contributed by atoms with Gasteiger partial charge in [0.2, 0.25) is 5.91 Å². The zero-order chi connectivity index (χ0) is 5.70. The first-order valence-electron chi connectivity index (χ1n) is 1.91. The van der Waals surface area contributed by atoms with Crippen molar-refractivity contribution in [2.24, 2.45) is 5.73 Å². The Labute approximate surface area is 42.2 Å². The molecular formula is C4H8N2O. The molecule has 0 heterocycles. The molecule has 0 saturated heterocycles. The van der Waals surface area contributed by atoms with Gasteiger partial charge in [-0.1, -0.05) is 6.58 Å². The maximum absolute atomic E-state index is 10.1. The largest absolute Gasteiger partial charge is 0.332 e. The number of nitrogens with one attached hydrogen (secondary N) is 1. The molecule has 0 saturated carbocycles. The van der Waals surface area contributed by atoms with Crippen LogP contribution in [0, 0.1) is 0 Å². The molecule has 0 aromatic carbocycles. The van der Waals surface area contributed by atoms with E-state index in [2.05, 4.69) is 11.9 Å². The van der Waals surface area contributed by atoms with Crippen LogP contribution in [-0.4, -0.2) is 12.5 Å². The second kappa shape index (κ2) is 3.36. The van der Waals surface area contributed by atoms with Gasteiger partial charge < -0.3 is 11.1 Å². The number of carbonyl (C=O) groups is 1. The van der Waals surface area contributed by atoms with Crippen molar-refractivity contribution in [3.8, 4) is 0 Å². The molecule has 0 unspecified atom stereocenters. The Balaban J connectivity index is 3.17. The predicted molar refractivity (Wildman–Crippen MR) is 27.4 cm³/mol. The van der Waals surface area contributed by atoms with Crippen molar-refractivity contribution in [3.05, 3.63) is 12.8 Å². The second-order valence-corrected chi connectivity index (χ2v) is 0.976. The molecule has 0 bridgehead atoms. The van der Waals surface area contributed by atoms with Crippen LogP contribution in [0.5, 0.6) is 0 Å². The van der Waals surface area contributed by atoms with Crippen molar-refractivity contribution in [2.75, 3.05) is 6.54 Å². The Morgan fingerprint density at radius 2 is 2.57 bits per heavy atom. The van der Waals surface area contributed by atoms with Crippen LogP contribution in [0.25, 0.3) is 0 Å². The number of amides is 1. The van der Waals surface area contributed by atoms with Gasteiger partial charge in [0.05, 0.1) is 6.54 Å². The molecule has 0 spiro atoms. The Morgan fingerprint density at radius 3 is 2.71 bits per heavy atom. The van der Waals surface area contributed by atoms with E-state index in [0.717, 1.165) is 0 Å². The number of rotatable bonds is 2. The van der Waals surface area contributed by atoms with Crippen LogP contribution < -0.4 is 11.1 Å². The van der Waals surface area contributed by atoms with E-state index >= 15 is 0 Å². The molecule has 0 aromatic heterocycles. The van der Waals surface area contributed by atoms with Gasteiger partial charge in [-0.2, -0.15) is 0 Å². The van der Waals surface area contributed by atoms with Gasteiger partial charge in [0.15, 0.2) is 0 Å². The van der Waals surface area contributed by atoms with E-state index in [1.54, 1.807) is 0 Å². The third-order valence-corrected chi connectivity index (χ3v) is 0.448. The Bertz CT molecular complexity index is 79.8. The van der Waals surface area contributed by atoms with E-state index in [-0.39, 0.29) is 12.5 Å². The number of hydrogen-bond acceptors (Lipinski definition) is 2. The summed E-state index contributed by atoms with van der Waals surface area (Å²) in [6.45, 7) is 3.28. The van der Waals surface area contributed by atoms with Gasteiger partial charge in [-0.05, 0) is 6.20 Å². The van der Waals surface area contributed by atoms with E-state index < -0.39 is 0 Å². The summed E-state index contributed by atoms with van der Waals surface area (Å²) >= 11 is 0. The van der Waals surface area contributed by atoms with Crippen LogP contribution >= 0.6 is 0 Å². The maximum atomic E-state index is 10.1. The summed E-state index contributed by atoms with van der Waals surface area (Å²) < 4.78 is 0.